The highest BCUT2D eigenvalue weighted by Crippen LogP contribution is 2.37. The molecule has 1 aliphatic rings. The maximum atomic E-state index is 12.4. The second-order valence-electron chi connectivity index (χ2n) is 8.03. The second-order valence-corrected chi connectivity index (χ2v) is 8.44. The average molecular weight is 424 g/mol. The first-order chi connectivity index (χ1) is 14.5. The normalized spacial score (nSPS) is 18.7. The Labute approximate surface area is 181 Å². The zero-order valence-corrected chi connectivity index (χ0v) is 17.7. The maximum absolute atomic E-state index is 12.4. The highest BCUT2D eigenvalue weighted by Gasteiger charge is 2.38. The molecule has 2 aromatic carbocycles. The largest absolute Gasteiger partial charge is 0.361 e. The van der Waals surface area contributed by atoms with E-state index in [0.29, 0.717) is 24.0 Å². The number of carbonyl (C=O) groups is 2. The quantitative estimate of drug-likeness (QED) is 0.507. The minimum Gasteiger partial charge on any atom is -0.361 e. The smallest absolute Gasteiger partial charge is 0.223 e. The van der Waals surface area contributed by atoms with Crippen molar-refractivity contribution in [2.45, 2.75) is 25.7 Å². The summed E-state index contributed by atoms with van der Waals surface area (Å²) in [5.74, 6) is 0.477. The number of para-hydroxylation sites is 1. The van der Waals surface area contributed by atoms with Gasteiger partial charge in [-0.2, -0.15) is 0 Å². The molecule has 3 aromatic rings. The van der Waals surface area contributed by atoms with Crippen LogP contribution in [0.5, 0.6) is 0 Å². The Hall–Kier alpha value is -2.79. The zero-order chi connectivity index (χ0) is 21.1. The number of rotatable bonds is 8. The molecule has 0 bridgehead atoms. The molecule has 1 fully saturated rings. The van der Waals surface area contributed by atoms with E-state index in [4.69, 9.17) is 11.6 Å². The predicted octanol–water partition coefficient (Wildman–Crippen LogP) is 4.23. The Kier molecular flexibility index (Phi) is 6.09. The van der Waals surface area contributed by atoms with Gasteiger partial charge in [-0.3, -0.25) is 9.59 Å². The van der Waals surface area contributed by atoms with Gasteiger partial charge < -0.3 is 15.6 Å². The molecular weight excluding hydrogens is 398 g/mol. The van der Waals surface area contributed by atoms with Crippen molar-refractivity contribution in [2.75, 3.05) is 13.1 Å². The SMILES string of the molecule is CC1CC1C(=O)NCCC(=O)NCC(c1ccccc1Cl)c1c[nH]c2ccccc12. The van der Waals surface area contributed by atoms with E-state index in [1.165, 1.54) is 0 Å². The molecule has 2 amide bonds. The molecule has 0 aliphatic heterocycles. The summed E-state index contributed by atoms with van der Waals surface area (Å²) in [6, 6.07) is 15.8. The number of hydrogen-bond donors (Lipinski definition) is 3. The highest BCUT2D eigenvalue weighted by molar-refractivity contribution is 6.31. The van der Waals surface area contributed by atoms with Crippen LogP contribution in [0, 0.1) is 11.8 Å². The third-order valence-corrected chi connectivity index (χ3v) is 6.22. The summed E-state index contributed by atoms with van der Waals surface area (Å²) in [4.78, 5) is 27.6. The monoisotopic (exact) mass is 423 g/mol. The van der Waals surface area contributed by atoms with E-state index in [-0.39, 0.29) is 30.1 Å². The van der Waals surface area contributed by atoms with Crippen molar-refractivity contribution in [3.63, 3.8) is 0 Å². The molecule has 1 aromatic heterocycles. The molecule has 30 heavy (non-hydrogen) atoms. The number of aromatic amines is 1. The number of hydrogen-bond acceptors (Lipinski definition) is 2. The Morgan fingerprint density at radius 1 is 1.10 bits per heavy atom. The number of nitrogens with one attached hydrogen (secondary N) is 3. The van der Waals surface area contributed by atoms with Crippen molar-refractivity contribution in [2.24, 2.45) is 11.8 Å². The molecule has 1 saturated carbocycles. The van der Waals surface area contributed by atoms with Crippen molar-refractivity contribution in [1.29, 1.82) is 0 Å². The predicted molar refractivity (Wildman–Crippen MR) is 120 cm³/mol. The van der Waals surface area contributed by atoms with E-state index in [1.807, 2.05) is 48.7 Å². The van der Waals surface area contributed by atoms with Gasteiger partial charge >= 0.3 is 0 Å². The minimum atomic E-state index is -0.0870. The van der Waals surface area contributed by atoms with Crippen LogP contribution in [0.1, 0.15) is 36.8 Å². The Morgan fingerprint density at radius 2 is 1.83 bits per heavy atom. The standard InChI is InChI=1S/C24H26ClN3O2/c1-15-12-18(15)24(30)26-11-10-23(29)28-14-19(16-6-2-4-8-21(16)25)20-13-27-22-9-5-3-7-17(20)22/h2-9,13,15,18-19,27H,10-12,14H2,1H3,(H,26,30)(H,28,29). The van der Waals surface area contributed by atoms with Crippen LogP contribution in [0.3, 0.4) is 0 Å². The number of amides is 2. The average Bonchev–Trinajstić information content (AvgIpc) is 3.33. The Morgan fingerprint density at radius 3 is 2.60 bits per heavy atom. The molecule has 0 spiro atoms. The van der Waals surface area contributed by atoms with Crippen LogP contribution in [0.2, 0.25) is 5.02 Å². The number of carbonyl (C=O) groups excluding carboxylic acids is 2. The number of aromatic nitrogens is 1. The number of halogens is 1. The van der Waals surface area contributed by atoms with Crippen molar-refractivity contribution in [1.82, 2.24) is 15.6 Å². The van der Waals surface area contributed by atoms with Crippen LogP contribution in [-0.4, -0.2) is 29.9 Å². The van der Waals surface area contributed by atoms with Gasteiger partial charge in [0.05, 0.1) is 0 Å². The minimum absolute atomic E-state index is 0.0584. The van der Waals surface area contributed by atoms with Crippen LogP contribution in [0.25, 0.3) is 10.9 Å². The first kappa shape index (κ1) is 20.5. The van der Waals surface area contributed by atoms with Crippen LogP contribution < -0.4 is 10.6 Å². The summed E-state index contributed by atoms with van der Waals surface area (Å²) in [7, 11) is 0. The van der Waals surface area contributed by atoms with E-state index in [1.54, 1.807) is 0 Å². The van der Waals surface area contributed by atoms with E-state index in [0.717, 1.165) is 28.5 Å². The maximum Gasteiger partial charge on any atom is 0.223 e. The van der Waals surface area contributed by atoms with E-state index < -0.39 is 0 Å². The summed E-state index contributed by atoms with van der Waals surface area (Å²) in [6.07, 6.45) is 3.19. The van der Waals surface area contributed by atoms with Gasteiger partial charge in [-0.1, -0.05) is 54.9 Å². The molecule has 3 N–H and O–H groups in total. The molecule has 4 rings (SSSR count). The van der Waals surface area contributed by atoms with Gasteiger partial charge in [-0.25, -0.2) is 0 Å². The van der Waals surface area contributed by atoms with Crippen LogP contribution in [-0.2, 0) is 9.59 Å². The van der Waals surface area contributed by atoms with Gasteiger partial charge in [0.25, 0.3) is 0 Å². The summed E-state index contributed by atoms with van der Waals surface area (Å²) in [5.41, 5.74) is 3.11. The molecule has 1 heterocycles. The van der Waals surface area contributed by atoms with Gasteiger partial charge in [-0.15, -0.1) is 0 Å². The van der Waals surface area contributed by atoms with Crippen molar-refractivity contribution in [3.8, 4) is 0 Å². The van der Waals surface area contributed by atoms with Crippen LogP contribution >= 0.6 is 11.6 Å². The molecular formula is C24H26ClN3O2. The summed E-state index contributed by atoms with van der Waals surface area (Å²) in [6.45, 7) is 2.85. The third kappa shape index (κ3) is 4.51. The van der Waals surface area contributed by atoms with Gasteiger partial charge in [0.15, 0.2) is 0 Å². The van der Waals surface area contributed by atoms with Gasteiger partial charge in [0, 0.05) is 53.5 Å². The number of H-pyrrole nitrogens is 1. The molecule has 156 valence electrons. The van der Waals surface area contributed by atoms with Crippen molar-refractivity contribution < 1.29 is 9.59 Å². The highest BCUT2D eigenvalue weighted by atomic mass is 35.5. The van der Waals surface area contributed by atoms with E-state index in [9.17, 15) is 9.59 Å². The summed E-state index contributed by atoms with van der Waals surface area (Å²) < 4.78 is 0. The molecule has 3 atom stereocenters. The molecule has 0 saturated heterocycles. The lowest BCUT2D eigenvalue weighted by Crippen LogP contribution is -2.33. The fourth-order valence-electron chi connectivity index (χ4n) is 3.95. The molecule has 6 heteroatoms. The van der Waals surface area contributed by atoms with Gasteiger partial charge in [0.1, 0.15) is 0 Å². The lowest BCUT2D eigenvalue weighted by Gasteiger charge is -2.19. The number of fused-ring (bicyclic) bond motifs is 1. The number of benzene rings is 2. The van der Waals surface area contributed by atoms with E-state index in [2.05, 4.69) is 28.6 Å². The fraction of sp³-hybridized carbons (Fsp3) is 0.333. The molecule has 0 radical (unpaired) electrons. The van der Waals surface area contributed by atoms with Crippen LogP contribution in [0.15, 0.2) is 54.7 Å². The first-order valence-corrected chi connectivity index (χ1v) is 10.8. The van der Waals surface area contributed by atoms with E-state index >= 15 is 0 Å². The van der Waals surface area contributed by atoms with Crippen LogP contribution in [0.4, 0.5) is 0 Å². The van der Waals surface area contributed by atoms with Crippen molar-refractivity contribution >= 4 is 34.3 Å². The topological polar surface area (TPSA) is 74.0 Å². The first-order valence-electron chi connectivity index (χ1n) is 10.4. The Bertz CT molecular complexity index is 1060. The fourth-order valence-corrected chi connectivity index (χ4v) is 4.22. The van der Waals surface area contributed by atoms with Gasteiger partial charge in [-0.05, 0) is 35.6 Å². The summed E-state index contributed by atoms with van der Waals surface area (Å²) >= 11 is 6.50. The van der Waals surface area contributed by atoms with Gasteiger partial charge in [0.2, 0.25) is 11.8 Å². The lowest BCUT2D eigenvalue weighted by atomic mass is 9.90. The third-order valence-electron chi connectivity index (χ3n) is 5.88. The zero-order valence-electron chi connectivity index (χ0n) is 17.0. The molecule has 3 unspecified atom stereocenters. The summed E-state index contributed by atoms with van der Waals surface area (Å²) in [5, 5.41) is 7.67. The second kappa shape index (κ2) is 8.92. The Balaban J connectivity index is 1.44. The lowest BCUT2D eigenvalue weighted by molar-refractivity contribution is -0.123. The molecule has 1 aliphatic carbocycles. The molecule has 5 nitrogen and oxygen atoms in total. The van der Waals surface area contributed by atoms with Crippen molar-refractivity contribution in [3.05, 3.63) is 70.9 Å².